The molecule has 0 N–H and O–H groups in total. The zero-order valence-corrected chi connectivity index (χ0v) is 14.7. The SMILES string of the molecule is COCCN1CCN(C(C)(C)c2ncc3c(C)cccn23)CC1. The summed E-state index contributed by atoms with van der Waals surface area (Å²) in [5.41, 5.74) is 2.40. The number of imidazole rings is 1. The second-order valence-electron chi connectivity index (χ2n) is 6.91. The molecule has 0 atom stereocenters. The van der Waals surface area contributed by atoms with E-state index in [1.54, 1.807) is 7.11 Å². The minimum atomic E-state index is -0.0758. The van der Waals surface area contributed by atoms with Crippen LogP contribution in [0.5, 0.6) is 0 Å². The van der Waals surface area contributed by atoms with E-state index in [1.807, 2.05) is 6.20 Å². The van der Waals surface area contributed by atoms with Crippen LogP contribution in [0, 0.1) is 6.92 Å². The first-order chi connectivity index (χ1) is 11.0. The van der Waals surface area contributed by atoms with E-state index in [1.165, 1.54) is 11.1 Å². The van der Waals surface area contributed by atoms with E-state index in [-0.39, 0.29) is 5.54 Å². The van der Waals surface area contributed by atoms with Crippen LogP contribution in [0.15, 0.2) is 24.5 Å². The lowest BCUT2D eigenvalue weighted by Gasteiger charge is -2.43. The first kappa shape index (κ1) is 16.4. The number of hydrogen-bond acceptors (Lipinski definition) is 4. The molecule has 5 heteroatoms. The summed E-state index contributed by atoms with van der Waals surface area (Å²) in [6.07, 6.45) is 4.13. The number of nitrogens with zero attached hydrogens (tertiary/aromatic N) is 4. The number of aromatic nitrogens is 2. The number of ether oxygens (including phenoxy) is 1. The third-order valence-corrected chi connectivity index (χ3v) is 5.10. The van der Waals surface area contributed by atoms with Crippen molar-refractivity contribution in [3.8, 4) is 0 Å². The van der Waals surface area contributed by atoms with Gasteiger partial charge in [-0.1, -0.05) is 6.07 Å². The topological polar surface area (TPSA) is 33.0 Å². The summed E-state index contributed by atoms with van der Waals surface area (Å²) in [4.78, 5) is 9.78. The normalized spacial score (nSPS) is 17.9. The minimum Gasteiger partial charge on any atom is -0.383 e. The highest BCUT2D eigenvalue weighted by atomic mass is 16.5. The van der Waals surface area contributed by atoms with Crippen molar-refractivity contribution in [3.63, 3.8) is 0 Å². The first-order valence-corrected chi connectivity index (χ1v) is 8.43. The van der Waals surface area contributed by atoms with Crippen LogP contribution in [0.4, 0.5) is 0 Å². The second-order valence-corrected chi connectivity index (χ2v) is 6.91. The van der Waals surface area contributed by atoms with Crippen LogP contribution in [0.1, 0.15) is 25.2 Å². The second kappa shape index (κ2) is 6.59. The number of aryl methyl sites for hydroxylation is 1. The van der Waals surface area contributed by atoms with Crippen molar-refractivity contribution in [1.29, 1.82) is 0 Å². The van der Waals surface area contributed by atoms with Crippen LogP contribution in [-0.4, -0.2) is 65.6 Å². The molecule has 0 aliphatic carbocycles. The highest BCUT2D eigenvalue weighted by molar-refractivity contribution is 5.53. The maximum absolute atomic E-state index is 5.19. The number of piperazine rings is 1. The molecule has 0 amide bonds. The highest BCUT2D eigenvalue weighted by Crippen LogP contribution is 2.29. The Bertz CT molecular complexity index is 656. The molecule has 0 aromatic carbocycles. The highest BCUT2D eigenvalue weighted by Gasteiger charge is 2.34. The van der Waals surface area contributed by atoms with Gasteiger partial charge in [-0.15, -0.1) is 0 Å². The van der Waals surface area contributed by atoms with Gasteiger partial charge in [0, 0.05) is 46.0 Å². The van der Waals surface area contributed by atoms with Gasteiger partial charge in [-0.3, -0.25) is 9.80 Å². The first-order valence-electron chi connectivity index (χ1n) is 8.43. The number of methoxy groups -OCH3 is 1. The molecule has 0 unspecified atom stereocenters. The van der Waals surface area contributed by atoms with Crippen LogP contribution < -0.4 is 0 Å². The Morgan fingerprint density at radius 3 is 2.65 bits per heavy atom. The predicted molar refractivity (Wildman–Crippen MR) is 92.8 cm³/mol. The molecule has 5 nitrogen and oxygen atoms in total. The maximum atomic E-state index is 5.19. The molecule has 1 aliphatic heterocycles. The van der Waals surface area contributed by atoms with Crippen molar-refractivity contribution in [3.05, 3.63) is 35.9 Å². The van der Waals surface area contributed by atoms with Crippen LogP contribution in [0.25, 0.3) is 5.52 Å². The van der Waals surface area contributed by atoms with Gasteiger partial charge in [-0.05, 0) is 32.4 Å². The van der Waals surface area contributed by atoms with Gasteiger partial charge in [0.15, 0.2) is 0 Å². The van der Waals surface area contributed by atoms with Gasteiger partial charge in [0.05, 0.1) is 23.9 Å². The molecule has 3 heterocycles. The van der Waals surface area contributed by atoms with E-state index in [0.717, 1.165) is 45.2 Å². The summed E-state index contributed by atoms with van der Waals surface area (Å²) in [5, 5.41) is 0. The zero-order chi connectivity index (χ0) is 16.4. The van der Waals surface area contributed by atoms with Crippen LogP contribution >= 0.6 is 0 Å². The van der Waals surface area contributed by atoms with Gasteiger partial charge in [-0.25, -0.2) is 4.98 Å². The van der Waals surface area contributed by atoms with Gasteiger partial charge in [0.2, 0.25) is 0 Å². The maximum Gasteiger partial charge on any atom is 0.133 e. The molecule has 3 rings (SSSR count). The van der Waals surface area contributed by atoms with Crippen LogP contribution in [0.3, 0.4) is 0 Å². The van der Waals surface area contributed by atoms with Crippen LogP contribution in [0.2, 0.25) is 0 Å². The number of fused-ring (bicyclic) bond motifs is 1. The van der Waals surface area contributed by atoms with Gasteiger partial charge >= 0.3 is 0 Å². The summed E-state index contributed by atoms with van der Waals surface area (Å²) in [6, 6.07) is 4.24. The summed E-state index contributed by atoms with van der Waals surface area (Å²) < 4.78 is 7.43. The largest absolute Gasteiger partial charge is 0.383 e. The Morgan fingerprint density at radius 2 is 1.96 bits per heavy atom. The Hall–Kier alpha value is -1.43. The third-order valence-electron chi connectivity index (χ3n) is 5.10. The molecule has 23 heavy (non-hydrogen) atoms. The van der Waals surface area contributed by atoms with Crippen molar-refractivity contribution in [1.82, 2.24) is 19.2 Å². The van der Waals surface area contributed by atoms with Gasteiger partial charge < -0.3 is 9.14 Å². The zero-order valence-electron chi connectivity index (χ0n) is 14.7. The minimum absolute atomic E-state index is 0.0758. The fraction of sp³-hybridized carbons (Fsp3) is 0.611. The molecule has 126 valence electrons. The van der Waals surface area contributed by atoms with Crippen molar-refractivity contribution in [2.24, 2.45) is 0 Å². The quantitative estimate of drug-likeness (QED) is 0.846. The molecule has 0 radical (unpaired) electrons. The summed E-state index contributed by atoms with van der Waals surface area (Å²) >= 11 is 0. The van der Waals surface area contributed by atoms with E-state index in [2.05, 4.69) is 53.3 Å². The standard InChI is InChI=1S/C18H28N4O/c1-15-6-5-7-22-16(15)14-19-17(22)18(2,3)21-10-8-20(9-11-21)12-13-23-4/h5-7,14H,8-13H2,1-4H3. The fourth-order valence-corrected chi connectivity index (χ4v) is 3.51. The molecule has 1 fully saturated rings. The Balaban J connectivity index is 1.77. The average molecular weight is 316 g/mol. The van der Waals surface area contributed by atoms with Gasteiger partial charge in [0.1, 0.15) is 5.82 Å². The van der Waals surface area contributed by atoms with E-state index in [4.69, 9.17) is 9.72 Å². The van der Waals surface area contributed by atoms with Crippen LogP contribution in [-0.2, 0) is 10.3 Å². The van der Waals surface area contributed by atoms with Gasteiger partial charge in [0.25, 0.3) is 0 Å². The molecule has 0 spiro atoms. The Kier molecular flexibility index (Phi) is 4.71. The predicted octanol–water partition coefficient (Wildman–Crippen LogP) is 2.14. The molecular weight excluding hydrogens is 288 g/mol. The number of hydrogen-bond donors (Lipinski definition) is 0. The molecule has 2 aromatic rings. The molecule has 0 bridgehead atoms. The van der Waals surface area contributed by atoms with Crippen molar-refractivity contribution in [2.45, 2.75) is 26.3 Å². The molecule has 0 saturated carbocycles. The summed E-state index contributed by atoms with van der Waals surface area (Å²) in [7, 11) is 1.77. The lowest BCUT2D eigenvalue weighted by atomic mass is 10.00. The molecule has 1 saturated heterocycles. The molecule has 1 aliphatic rings. The van der Waals surface area contributed by atoms with E-state index in [0.29, 0.717) is 0 Å². The summed E-state index contributed by atoms with van der Waals surface area (Å²) in [5.74, 6) is 1.13. The van der Waals surface area contributed by atoms with Crippen molar-refractivity contribution in [2.75, 3.05) is 46.4 Å². The Morgan fingerprint density at radius 1 is 1.22 bits per heavy atom. The van der Waals surface area contributed by atoms with Gasteiger partial charge in [-0.2, -0.15) is 0 Å². The number of rotatable bonds is 5. The smallest absolute Gasteiger partial charge is 0.133 e. The van der Waals surface area contributed by atoms with E-state index < -0.39 is 0 Å². The fourth-order valence-electron chi connectivity index (χ4n) is 3.51. The lowest BCUT2D eigenvalue weighted by molar-refractivity contribution is 0.0353. The van der Waals surface area contributed by atoms with E-state index in [9.17, 15) is 0 Å². The lowest BCUT2D eigenvalue weighted by Crippen LogP contribution is -2.54. The number of pyridine rings is 1. The van der Waals surface area contributed by atoms with E-state index >= 15 is 0 Å². The monoisotopic (exact) mass is 316 g/mol. The Labute approximate surface area is 138 Å². The van der Waals surface area contributed by atoms with Crippen molar-refractivity contribution >= 4 is 5.52 Å². The van der Waals surface area contributed by atoms with Crippen molar-refractivity contribution < 1.29 is 4.74 Å². The summed E-state index contributed by atoms with van der Waals surface area (Å²) in [6.45, 7) is 12.9. The molecular formula is C18H28N4O. The third kappa shape index (κ3) is 3.13. The average Bonchev–Trinajstić information content (AvgIpc) is 2.99. The molecule has 2 aromatic heterocycles.